The third-order valence-electron chi connectivity index (χ3n) is 2.55. The van der Waals surface area contributed by atoms with Gasteiger partial charge in [-0.15, -0.1) is 11.3 Å². The minimum absolute atomic E-state index is 0.0814. The van der Waals surface area contributed by atoms with Crippen LogP contribution in [0.1, 0.15) is 0 Å². The number of aromatic nitrogens is 1. The van der Waals surface area contributed by atoms with Crippen LogP contribution in [0.4, 0.5) is 10.8 Å². The summed E-state index contributed by atoms with van der Waals surface area (Å²) in [6, 6.07) is 6.63. The van der Waals surface area contributed by atoms with Crippen molar-refractivity contribution in [2.24, 2.45) is 0 Å². The Morgan fingerprint density at radius 1 is 1.55 bits per heavy atom. The van der Waals surface area contributed by atoms with Crippen molar-refractivity contribution >= 4 is 39.7 Å². The molecule has 8 heteroatoms. The summed E-state index contributed by atoms with van der Waals surface area (Å²) in [6.45, 7) is 0. The Morgan fingerprint density at radius 2 is 2.36 bits per heavy atom. The van der Waals surface area contributed by atoms with Gasteiger partial charge in [0.15, 0.2) is 5.13 Å². The average Bonchev–Trinajstić information content (AvgIpc) is 3.01. The highest BCUT2D eigenvalue weighted by Gasteiger charge is 2.11. The quantitative estimate of drug-likeness (QED) is 0.647. The third kappa shape index (κ3) is 3.97. The Hall–Kier alpha value is -2.56. The van der Waals surface area contributed by atoms with Crippen molar-refractivity contribution in [2.45, 2.75) is 0 Å². The van der Waals surface area contributed by atoms with E-state index >= 15 is 0 Å². The molecule has 0 atom stereocenters. The van der Waals surface area contributed by atoms with Crippen LogP contribution in [-0.2, 0) is 4.79 Å². The van der Waals surface area contributed by atoms with Crippen molar-refractivity contribution in [1.82, 2.24) is 4.98 Å². The van der Waals surface area contributed by atoms with E-state index in [1.807, 2.05) is 6.07 Å². The maximum absolute atomic E-state index is 12.0. The molecule has 0 fully saturated rings. The number of ether oxygens (including phenoxy) is 1. The largest absolute Gasteiger partial charge is 0.495 e. The lowest BCUT2D eigenvalue weighted by Crippen LogP contribution is -2.14. The first-order valence-electron chi connectivity index (χ1n) is 6.05. The molecule has 22 heavy (non-hydrogen) atoms. The summed E-state index contributed by atoms with van der Waals surface area (Å²) in [6.07, 6.45) is 2.92. The molecule has 0 aliphatic carbocycles. The molecule has 0 bridgehead atoms. The minimum atomic E-state index is -0.548. The first kappa shape index (κ1) is 15.8. The van der Waals surface area contributed by atoms with Gasteiger partial charge in [0.2, 0.25) is 0 Å². The number of thiazole rings is 1. The van der Waals surface area contributed by atoms with Crippen molar-refractivity contribution in [2.75, 3.05) is 17.7 Å². The molecule has 1 heterocycles. The van der Waals surface area contributed by atoms with Crippen LogP contribution < -0.4 is 15.4 Å². The van der Waals surface area contributed by atoms with Crippen molar-refractivity contribution in [3.63, 3.8) is 0 Å². The number of amides is 1. The number of hydrogen-bond donors (Lipinski definition) is 2. The zero-order valence-electron chi connectivity index (χ0n) is 11.5. The molecule has 2 N–H and O–H groups in total. The molecule has 0 aliphatic rings. The molecule has 2 aromatic rings. The number of benzene rings is 1. The third-order valence-corrected chi connectivity index (χ3v) is 3.55. The van der Waals surface area contributed by atoms with Gasteiger partial charge in [-0.1, -0.05) is 11.6 Å². The zero-order valence-corrected chi connectivity index (χ0v) is 13.0. The van der Waals surface area contributed by atoms with Crippen LogP contribution in [0.5, 0.6) is 5.75 Å². The summed E-state index contributed by atoms with van der Waals surface area (Å²) < 4.78 is 5.03. The van der Waals surface area contributed by atoms with E-state index in [-0.39, 0.29) is 5.57 Å². The Kier molecular flexibility index (Phi) is 5.36. The predicted octanol–water partition coefficient (Wildman–Crippen LogP) is 3.26. The van der Waals surface area contributed by atoms with Crippen molar-refractivity contribution in [3.05, 3.63) is 46.6 Å². The van der Waals surface area contributed by atoms with Gasteiger partial charge in [0.05, 0.1) is 12.1 Å². The zero-order chi connectivity index (χ0) is 15.9. The predicted molar refractivity (Wildman–Crippen MR) is 86.1 cm³/mol. The van der Waals surface area contributed by atoms with E-state index in [9.17, 15) is 4.79 Å². The van der Waals surface area contributed by atoms with E-state index in [0.29, 0.717) is 21.6 Å². The molecule has 112 valence electrons. The molecule has 6 nitrogen and oxygen atoms in total. The first-order valence-corrected chi connectivity index (χ1v) is 7.31. The van der Waals surface area contributed by atoms with Crippen molar-refractivity contribution in [3.8, 4) is 11.8 Å². The van der Waals surface area contributed by atoms with E-state index in [1.165, 1.54) is 24.6 Å². The second-order valence-electron chi connectivity index (χ2n) is 3.95. The van der Waals surface area contributed by atoms with Crippen LogP contribution >= 0.6 is 22.9 Å². The molecule has 1 aromatic carbocycles. The highest BCUT2D eigenvalue weighted by Crippen LogP contribution is 2.27. The Bertz CT molecular complexity index is 738. The minimum Gasteiger partial charge on any atom is -0.495 e. The molecule has 0 saturated carbocycles. The summed E-state index contributed by atoms with van der Waals surface area (Å²) in [5.41, 5.74) is 0.383. The summed E-state index contributed by atoms with van der Waals surface area (Å²) >= 11 is 7.34. The SMILES string of the molecule is COc1ccc(NC(=O)/C(C#N)=C\Nc2nccs2)cc1Cl. The lowest BCUT2D eigenvalue weighted by Gasteiger charge is -2.07. The van der Waals surface area contributed by atoms with E-state index in [2.05, 4.69) is 15.6 Å². The van der Waals surface area contributed by atoms with Crippen LogP contribution in [0.15, 0.2) is 41.5 Å². The van der Waals surface area contributed by atoms with Gasteiger partial charge in [0.25, 0.3) is 5.91 Å². The van der Waals surface area contributed by atoms with Gasteiger partial charge in [0, 0.05) is 23.5 Å². The lowest BCUT2D eigenvalue weighted by molar-refractivity contribution is -0.112. The smallest absolute Gasteiger partial charge is 0.267 e. The van der Waals surface area contributed by atoms with Crippen molar-refractivity contribution in [1.29, 1.82) is 5.26 Å². The van der Waals surface area contributed by atoms with Gasteiger partial charge in [-0.25, -0.2) is 4.98 Å². The number of nitrogens with one attached hydrogen (secondary N) is 2. The van der Waals surface area contributed by atoms with E-state index in [4.69, 9.17) is 21.6 Å². The van der Waals surface area contributed by atoms with Gasteiger partial charge in [-0.2, -0.15) is 5.26 Å². The summed E-state index contributed by atoms with van der Waals surface area (Å²) in [5, 5.41) is 17.2. The average molecular weight is 335 g/mol. The number of rotatable bonds is 5. The van der Waals surface area contributed by atoms with Crippen LogP contribution in [0.2, 0.25) is 5.02 Å². The Morgan fingerprint density at radius 3 is 2.95 bits per heavy atom. The van der Waals surface area contributed by atoms with Gasteiger partial charge < -0.3 is 15.4 Å². The lowest BCUT2D eigenvalue weighted by atomic mass is 10.2. The standard InChI is InChI=1S/C14H11ClN4O2S/c1-21-12-3-2-10(6-11(12)15)19-13(20)9(7-16)8-18-14-17-4-5-22-14/h2-6,8H,1H3,(H,17,18)(H,19,20)/b9-8-. The van der Waals surface area contributed by atoms with Gasteiger partial charge in [0.1, 0.15) is 17.4 Å². The molecule has 1 aromatic heterocycles. The number of methoxy groups -OCH3 is 1. The molecule has 0 unspecified atom stereocenters. The molecular weight excluding hydrogens is 324 g/mol. The molecule has 0 spiro atoms. The van der Waals surface area contributed by atoms with Gasteiger partial charge >= 0.3 is 0 Å². The van der Waals surface area contributed by atoms with E-state index < -0.39 is 5.91 Å². The summed E-state index contributed by atoms with van der Waals surface area (Å²) in [7, 11) is 1.50. The monoisotopic (exact) mass is 334 g/mol. The summed E-state index contributed by atoms with van der Waals surface area (Å²) in [5.74, 6) is -0.0473. The van der Waals surface area contributed by atoms with E-state index in [1.54, 1.807) is 29.8 Å². The molecule has 2 rings (SSSR count). The van der Waals surface area contributed by atoms with Gasteiger partial charge in [-0.3, -0.25) is 4.79 Å². The Balaban J connectivity index is 2.08. The number of nitriles is 1. The highest BCUT2D eigenvalue weighted by atomic mass is 35.5. The number of anilines is 2. The van der Waals surface area contributed by atoms with Gasteiger partial charge in [-0.05, 0) is 18.2 Å². The molecule has 0 radical (unpaired) electrons. The number of nitrogens with zero attached hydrogens (tertiary/aromatic N) is 2. The number of carbonyl (C=O) groups is 1. The number of halogens is 1. The highest BCUT2D eigenvalue weighted by molar-refractivity contribution is 7.13. The number of hydrogen-bond acceptors (Lipinski definition) is 6. The molecule has 1 amide bonds. The second kappa shape index (κ2) is 7.45. The fraction of sp³-hybridized carbons (Fsp3) is 0.0714. The molecule has 0 saturated heterocycles. The normalized spacial score (nSPS) is 10.7. The summed E-state index contributed by atoms with van der Waals surface area (Å²) in [4.78, 5) is 16.0. The van der Waals surface area contributed by atoms with E-state index in [0.717, 1.165) is 0 Å². The van der Waals surface area contributed by atoms with Crippen LogP contribution in [-0.4, -0.2) is 18.0 Å². The van der Waals surface area contributed by atoms with Crippen LogP contribution in [0.25, 0.3) is 0 Å². The van der Waals surface area contributed by atoms with Crippen LogP contribution in [0.3, 0.4) is 0 Å². The topological polar surface area (TPSA) is 87.0 Å². The first-order chi connectivity index (χ1) is 10.6. The number of carbonyl (C=O) groups excluding carboxylic acids is 1. The Labute approximate surface area is 136 Å². The molecular formula is C14H11ClN4O2S. The van der Waals surface area contributed by atoms with Crippen LogP contribution in [0, 0.1) is 11.3 Å². The fourth-order valence-electron chi connectivity index (χ4n) is 1.52. The maximum atomic E-state index is 12.0. The van der Waals surface area contributed by atoms with Crippen molar-refractivity contribution < 1.29 is 9.53 Å². The fourth-order valence-corrected chi connectivity index (χ4v) is 2.28. The molecule has 0 aliphatic heterocycles. The maximum Gasteiger partial charge on any atom is 0.267 e. The second-order valence-corrected chi connectivity index (χ2v) is 5.26.